The lowest BCUT2D eigenvalue weighted by Crippen LogP contribution is -2.15. The summed E-state index contributed by atoms with van der Waals surface area (Å²) in [6.45, 7) is 4.40. The van der Waals surface area contributed by atoms with Gasteiger partial charge in [0.1, 0.15) is 0 Å². The Balaban J connectivity index is 3.50. The van der Waals surface area contributed by atoms with Crippen molar-refractivity contribution < 1.29 is 15.0 Å². The van der Waals surface area contributed by atoms with Crippen LogP contribution in [0.4, 0.5) is 0 Å². The lowest BCUT2D eigenvalue weighted by atomic mass is 10.1. The zero-order valence-electron chi connectivity index (χ0n) is 9.36. The number of aliphatic carboxylic acids is 1. The van der Waals surface area contributed by atoms with Gasteiger partial charge in [0.2, 0.25) is 0 Å². The normalized spacial score (nSPS) is 11.7. The van der Waals surface area contributed by atoms with Crippen LogP contribution in [0.25, 0.3) is 0 Å². The Hall–Kier alpha value is 0.130. The van der Waals surface area contributed by atoms with Crippen LogP contribution in [0.5, 0.6) is 0 Å². The molecule has 2 N–H and O–H groups in total. The van der Waals surface area contributed by atoms with Gasteiger partial charge < -0.3 is 10.2 Å². The summed E-state index contributed by atoms with van der Waals surface area (Å²) in [5, 5.41) is 17.2. The SMILES string of the molecule is CC(C)(CCC(=O)O)SSCCCCO. The van der Waals surface area contributed by atoms with E-state index in [9.17, 15) is 4.79 Å². The summed E-state index contributed by atoms with van der Waals surface area (Å²) >= 11 is 0. The van der Waals surface area contributed by atoms with E-state index < -0.39 is 5.97 Å². The van der Waals surface area contributed by atoms with Crippen molar-refractivity contribution in [2.75, 3.05) is 12.4 Å². The Kier molecular flexibility index (Phi) is 8.37. The smallest absolute Gasteiger partial charge is 0.303 e. The molecule has 0 fully saturated rings. The van der Waals surface area contributed by atoms with E-state index in [4.69, 9.17) is 10.2 Å². The molecule has 0 aromatic rings. The quantitative estimate of drug-likeness (QED) is 0.488. The van der Waals surface area contributed by atoms with E-state index in [-0.39, 0.29) is 17.8 Å². The summed E-state index contributed by atoms with van der Waals surface area (Å²) in [5.41, 5.74) is 0. The van der Waals surface area contributed by atoms with Crippen LogP contribution in [-0.2, 0) is 4.79 Å². The van der Waals surface area contributed by atoms with Gasteiger partial charge in [-0.1, -0.05) is 21.6 Å². The van der Waals surface area contributed by atoms with Crippen molar-refractivity contribution in [2.24, 2.45) is 0 Å². The van der Waals surface area contributed by atoms with Gasteiger partial charge in [-0.2, -0.15) is 0 Å². The van der Waals surface area contributed by atoms with Gasteiger partial charge in [0.15, 0.2) is 0 Å². The zero-order chi connectivity index (χ0) is 11.7. The molecule has 0 heterocycles. The van der Waals surface area contributed by atoms with Crippen molar-refractivity contribution in [3.63, 3.8) is 0 Å². The number of hydrogen-bond donors (Lipinski definition) is 2. The minimum absolute atomic E-state index is 0.0161. The second-order valence-electron chi connectivity index (χ2n) is 3.99. The summed E-state index contributed by atoms with van der Waals surface area (Å²) in [4.78, 5) is 10.4. The number of carboxylic acids is 1. The van der Waals surface area contributed by atoms with E-state index in [1.807, 2.05) is 0 Å². The topological polar surface area (TPSA) is 57.5 Å². The minimum atomic E-state index is -0.728. The second kappa shape index (κ2) is 8.30. The van der Waals surface area contributed by atoms with Gasteiger partial charge in [0.25, 0.3) is 0 Å². The van der Waals surface area contributed by atoms with E-state index in [0.29, 0.717) is 6.42 Å². The van der Waals surface area contributed by atoms with Crippen molar-refractivity contribution in [3.8, 4) is 0 Å². The fourth-order valence-corrected chi connectivity index (χ4v) is 3.64. The zero-order valence-corrected chi connectivity index (χ0v) is 11.0. The molecule has 15 heavy (non-hydrogen) atoms. The van der Waals surface area contributed by atoms with Gasteiger partial charge in [-0.3, -0.25) is 4.79 Å². The van der Waals surface area contributed by atoms with Crippen LogP contribution in [-0.4, -0.2) is 33.3 Å². The van der Waals surface area contributed by atoms with Crippen LogP contribution >= 0.6 is 21.6 Å². The lowest BCUT2D eigenvalue weighted by molar-refractivity contribution is -0.137. The van der Waals surface area contributed by atoms with Crippen LogP contribution in [0.1, 0.15) is 39.5 Å². The predicted octanol–water partition coefficient (Wildman–Crippen LogP) is 2.78. The van der Waals surface area contributed by atoms with Gasteiger partial charge in [-0.05, 0) is 33.1 Å². The molecule has 5 heteroatoms. The van der Waals surface area contributed by atoms with Gasteiger partial charge >= 0.3 is 5.97 Å². The molecule has 0 unspecified atom stereocenters. The van der Waals surface area contributed by atoms with E-state index in [1.54, 1.807) is 21.6 Å². The van der Waals surface area contributed by atoms with E-state index in [2.05, 4.69) is 13.8 Å². The molecule has 0 bridgehead atoms. The number of rotatable bonds is 9. The number of aliphatic hydroxyl groups is 1. The van der Waals surface area contributed by atoms with Crippen molar-refractivity contribution in [2.45, 2.75) is 44.3 Å². The maximum absolute atomic E-state index is 10.4. The molecule has 0 aliphatic rings. The van der Waals surface area contributed by atoms with Crippen LogP contribution in [0.15, 0.2) is 0 Å². The molecule has 0 atom stereocenters. The first-order chi connectivity index (χ1) is 6.98. The minimum Gasteiger partial charge on any atom is -0.481 e. The average molecular weight is 252 g/mol. The number of hydrogen-bond acceptors (Lipinski definition) is 4. The summed E-state index contributed by atoms with van der Waals surface area (Å²) in [6.07, 6.45) is 2.80. The molecule has 3 nitrogen and oxygen atoms in total. The standard InChI is InChI=1S/C10H20O3S2/c1-10(2,6-5-9(12)13)15-14-8-4-3-7-11/h11H,3-8H2,1-2H3,(H,12,13). The molecule has 0 aliphatic heterocycles. The molecular weight excluding hydrogens is 232 g/mol. The Bertz CT molecular complexity index is 184. The van der Waals surface area contributed by atoms with E-state index >= 15 is 0 Å². The highest BCUT2D eigenvalue weighted by Crippen LogP contribution is 2.39. The fourth-order valence-electron chi connectivity index (χ4n) is 0.924. The van der Waals surface area contributed by atoms with Crippen molar-refractivity contribution in [3.05, 3.63) is 0 Å². The summed E-state index contributed by atoms with van der Waals surface area (Å²) in [5.74, 6) is 0.288. The molecule has 90 valence electrons. The Morgan fingerprint density at radius 1 is 1.33 bits per heavy atom. The fraction of sp³-hybridized carbons (Fsp3) is 0.900. The van der Waals surface area contributed by atoms with Crippen LogP contribution < -0.4 is 0 Å². The third-order valence-corrected chi connectivity index (χ3v) is 5.30. The number of unbranched alkanes of at least 4 members (excludes halogenated alkanes) is 1. The largest absolute Gasteiger partial charge is 0.481 e. The van der Waals surface area contributed by atoms with Gasteiger partial charge in [0.05, 0.1) is 0 Å². The molecule has 0 aromatic heterocycles. The highest BCUT2D eigenvalue weighted by molar-refractivity contribution is 8.77. The molecule has 0 rings (SSSR count). The first-order valence-electron chi connectivity index (χ1n) is 5.11. The molecule has 0 spiro atoms. The Morgan fingerprint density at radius 2 is 2.00 bits per heavy atom. The van der Waals surface area contributed by atoms with Crippen molar-refractivity contribution >= 4 is 27.6 Å². The number of carboxylic acid groups (broad SMARTS) is 1. The molecular formula is C10H20O3S2. The van der Waals surface area contributed by atoms with Crippen LogP contribution in [0, 0.1) is 0 Å². The maximum atomic E-state index is 10.4. The monoisotopic (exact) mass is 252 g/mol. The highest BCUT2D eigenvalue weighted by atomic mass is 33.1. The van der Waals surface area contributed by atoms with Crippen LogP contribution in [0.2, 0.25) is 0 Å². The Morgan fingerprint density at radius 3 is 2.53 bits per heavy atom. The Labute approximate surface area is 99.4 Å². The molecule has 0 radical (unpaired) electrons. The first-order valence-corrected chi connectivity index (χ1v) is 7.43. The summed E-state index contributed by atoms with van der Waals surface area (Å²) in [7, 11) is 3.51. The van der Waals surface area contributed by atoms with E-state index in [0.717, 1.165) is 18.6 Å². The third-order valence-electron chi connectivity index (χ3n) is 1.86. The lowest BCUT2D eigenvalue weighted by Gasteiger charge is -2.22. The molecule has 0 amide bonds. The van der Waals surface area contributed by atoms with Gasteiger partial charge in [-0.15, -0.1) is 0 Å². The first kappa shape index (κ1) is 15.1. The second-order valence-corrected chi connectivity index (χ2v) is 7.11. The molecule has 0 aliphatic carbocycles. The molecule has 0 saturated carbocycles. The highest BCUT2D eigenvalue weighted by Gasteiger charge is 2.19. The average Bonchev–Trinajstić information content (AvgIpc) is 2.15. The third kappa shape index (κ3) is 10.4. The van der Waals surface area contributed by atoms with Gasteiger partial charge in [0, 0.05) is 23.5 Å². The summed E-state index contributed by atoms with van der Waals surface area (Å²) < 4.78 is 0.0161. The predicted molar refractivity (Wildman–Crippen MR) is 67.3 cm³/mol. The maximum Gasteiger partial charge on any atom is 0.303 e. The van der Waals surface area contributed by atoms with Crippen molar-refractivity contribution in [1.29, 1.82) is 0 Å². The number of carbonyl (C=O) groups is 1. The van der Waals surface area contributed by atoms with Crippen molar-refractivity contribution in [1.82, 2.24) is 0 Å². The molecule has 0 saturated heterocycles. The number of aliphatic hydroxyl groups excluding tert-OH is 1. The van der Waals surface area contributed by atoms with Crippen LogP contribution in [0.3, 0.4) is 0 Å². The van der Waals surface area contributed by atoms with E-state index in [1.165, 1.54) is 0 Å². The molecule has 0 aromatic carbocycles. The van der Waals surface area contributed by atoms with Gasteiger partial charge in [-0.25, -0.2) is 0 Å². The summed E-state index contributed by atoms with van der Waals surface area (Å²) in [6, 6.07) is 0.